The quantitative estimate of drug-likeness (QED) is 0.906. The third-order valence-corrected chi connectivity index (χ3v) is 4.79. The number of aromatic nitrogens is 2. The van der Waals surface area contributed by atoms with Crippen LogP contribution in [-0.2, 0) is 16.6 Å². The van der Waals surface area contributed by atoms with Crippen molar-refractivity contribution in [2.75, 3.05) is 6.54 Å². The molecule has 1 heterocycles. The fourth-order valence-corrected chi connectivity index (χ4v) is 3.49. The van der Waals surface area contributed by atoms with Gasteiger partial charge in [-0.1, -0.05) is 12.1 Å². The van der Waals surface area contributed by atoms with E-state index in [0.29, 0.717) is 17.6 Å². The highest BCUT2D eigenvalue weighted by Crippen LogP contribution is 2.20. The zero-order chi connectivity index (χ0) is 13.0. The first-order chi connectivity index (χ1) is 8.59. The lowest BCUT2D eigenvalue weighted by atomic mass is 10.4. The molecule has 2 aromatic rings. The first-order valence-corrected chi connectivity index (χ1v) is 7.59. The monoisotopic (exact) mass is 329 g/mol. The van der Waals surface area contributed by atoms with E-state index >= 15 is 0 Å². The number of sulfonamides is 1. The van der Waals surface area contributed by atoms with Crippen LogP contribution in [0.1, 0.15) is 0 Å². The van der Waals surface area contributed by atoms with Crippen LogP contribution < -0.4 is 4.72 Å². The highest BCUT2D eigenvalue weighted by molar-refractivity contribution is 9.10. The lowest BCUT2D eigenvalue weighted by molar-refractivity contribution is 0.560. The molecule has 0 aliphatic carbocycles. The van der Waals surface area contributed by atoms with Gasteiger partial charge in [0.2, 0.25) is 10.0 Å². The van der Waals surface area contributed by atoms with Gasteiger partial charge >= 0.3 is 0 Å². The van der Waals surface area contributed by atoms with Crippen molar-refractivity contribution >= 4 is 26.0 Å². The third kappa shape index (κ3) is 3.18. The summed E-state index contributed by atoms with van der Waals surface area (Å²) < 4.78 is 28.8. The number of nitrogens with one attached hydrogen (secondary N) is 1. The van der Waals surface area contributed by atoms with Crippen LogP contribution >= 0.6 is 15.9 Å². The van der Waals surface area contributed by atoms with Crippen LogP contribution in [0.2, 0.25) is 0 Å². The van der Waals surface area contributed by atoms with Crippen LogP contribution in [-0.4, -0.2) is 24.7 Å². The topological polar surface area (TPSA) is 64.0 Å². The second-order valence-corrected chi connectivity index (χ2v) is 6.19. The molecule has 0 atom stereocenters. The molecule has 0 fully saturated rings. The van der Waals surface area contributed by atoms with E-state index in [0.717, 1.165) is 0 Å². The lowest BCUT2D eigenvalue weighted by Crippen LogP contribution is -2.27. The van der Waals surface area contributed by atoms with Crippen LogP contribution in [0.4, 0.5) is 0 Å². The van der Waals surface area contributed by atoms with Crippen molar-refractivity contribution < 1.29 is 8.42 Å². The van der Waals surface area contributed by atoms with Gasteiger partial charge in [-0.05, 0) is 34.1 Å². The molecule has 0 amide bonds. The molecule has 18 heavy (non-hydrogen) atoms. The Balaban J connectivity index is 2.02. The molecule has 7 heteroatoms. The van der Waals surface area contributed by atoms with E-state index in [-0.39, 0.29) is 4.90 Å². The molecular formula is C11H12BrN3O2S. The predicted molar refractivity (Wildman–Crippen MR) is 71.6 cm³/mol. The molecule has 0 spiro atoms. The number of nitrogens with zero attached hydrogens (tertiary/aromatic N) is 2. The van der Waals surface area contributed by atoms with Crippen molar-refractivity contribution in [3.05, 3.63) is 47.2 Å². The largest absolute Gasteiger partial charge is 0.271 e. The molecule has 96 valence electrons. The Morgan fingerprint density at radius 3 is 2.72 bits per heavy atom. The molecule has 0 radical (unpaired) electrons. The number of halogens is 1. The van der Waals surface area contributed by atoms with Crippen LogP contribution in [0.25, 0.3) is 0 Å². The summed E-state index contributed by atoms with van der Waals surface area (Å²) in [5.41, 5.74) is 0. The van der Waals surface area contributed by atoms with Crippen molar-refractivity contribution in [3.8, 4) is 0 Å². The maximum absolute atomic E-state index is 12.0. The molecule has 0 aliphatic rings. The van der Waals surface area contributed by atoms with Gasteiger partial charge in [0.05, 0.1) is 11.4 Å². The fraction of sp³-hybridized carbons (Fsp3) is 0.182. The van der Waals surface area contributed by atoms with Crippen molar-refractivity contribution in [1.82, 2.24) is 14.5 Å². The van der Waals surface area contributed by atoms with Crippen LogP contribution in [0.15, 0.2) is 52.1 Å². The van der Waals surface area contributed by atoms with Crippen molar-refractivity contribution in [1.29, 1.82) is 0 Å². The van der Waals surface area contributed by atoms with Crippen molar-refractivity contribution in [2.24, 2.45) is 0 Å². The van der Waals surface area contributed by atoms with E-state index in [1.54, 1.807) is 47.4 Å². The average molecular weight is 330 g/mol. The third-order valence-electron chi connectivity index (χ3n) is 2.32. The van der Waals surface area contributed by atoms with Crippen molar-refractivity contribution in [2.45, 2.75) is 11.4 Å². The van der Waals surface area contributed by atoms with E-state index in [1.807, 2.05) is 0 Å². The molecular weight excluding hydrogens is 318 g/mol. The molecule has 0 unspecified atom stereocenters. The Bertz CT molecular complexity index is 611. The molecule has 0 saturated carbocycles. The molecule has 2 rings (SSSR count). The smallest absolute Gasteiger partial charge is 0.241 e. The number of benzene rings is 1. The minimum absolute atomic E-state index is 0.241. The minimum Gasteiger partial charge on any atom is -0.271 e. The molecule has 1 aromatic carbocycles. The fourth-order valence-electron chi connectivity index (χ4n) is 1.47. The van der Waals surface area contributed by atoms with Gasteiger partial charge in [0, 0.05) is 23.4 Å². The second-order valence-electron chi connectivity index (χ2n) is 3.60. The van der Waals surface area contributed by atoms with E-state index < -0.39 is 10.0 Å². The van der Waals surface area contributed by atoms with Gasteiger partial charge in [0.25, 0.3) is 0 Å². The highest BCUT2D eigenvalue weighted by Gasteiger charge is 2.16. The minimum atomic E-state index is -3.48. The van der Waals surface area contributed by atoms with Crippen molar-refractivity contribution in [3.63, 3.8) is 0 Å². The zero-order valence-corrected chi connectivity index (χ0v) is 11.9. The van der Waals surface area contributed by atoms with Gasteiger partial charge in [-0.25, -0.2) is 13.1 Å². The molecule has 0 bridgehead atoms. The van der Waals surface area contributed by atoms with Gasteiger partial charge in [0.1, 0.15) is 0 Å². The van der Waals surface area contributed by atoms with Gasteiger partial charge in [0.15, 0.2) is 0 Å². The van der Waals surface area contributed by atoms with Crippen LogP contribution in [0.3, 0.4) is 0 Å². The number of hydrogen-bond acceptors (Lipinski definition) is 3. The molecule has 1 aromatic heterocycles. The highest BCUT2D eigenvalue weighted by atomic mass is 79.9. The Hall–Kier alpha value is -1.18. The van der Waals surface area contributed by atoms with Gasteiger partial charge in [-0.3, -0.25) is 4.68 Å². The van der Waals surface area contributed by atoms with Crippen LogP contribution in [0.5, 0.6) is 0 Å². The molecule has 5 nitrogen and oxygen atoms in total. The predicted octanol–water partition coefficient (Wildman–Crippen LogP) is 1.62. The SMILES string of the molecule is O=S(=O)(NCCn1cccn1)c1ccccc1Br. The standard InChI is InChI=1S/C11H12BrN3O2S/c12-10-4-1-2-5-11(10)18(16,17)14-7-9-15-8-3-6-13-15/h1-6,8,14H,7,9H2. The number of rotatable bonds is 5. The summed E-state index contributed by atoms with van der Waals surface area (Å²) >= 11 is 3.23. The zero-order valence-electron chi connectivity index (χ0n) is 9.45. The maximum atomic E-state index is 12.0. The summed E-state index contributed by atoms with van der Waals surface area (Å²) in [4.78, 5) is 0.241. The first kappa shape index (κ1) is 13.3. The Morgan fingerprint density at radius 1 is 1.28 bits per heavy atom. The summed E-state index contributed by atoms with van der Waals surface area (Å²) in [5.74, 6) is 0. The van der Waals surface area contributed by atoms with Gasteiger partial charge < -0.3 is 0 Å². The summed E-state index contributed by atoms with van der Waals surface area (Å²) in [6, 6.07) is 8.50. The second kappa shape index (κ2) is 5.64. The normalized spacial score (nSPS) is 11.6. The van der Waals surface area contributed by atoms with E-state index in [4.69, 9.17) is 0 Å². The Labute approximate surface area is 114 Å². The van der Waals surface area contributed by atoms with E-state index in [2.05, 4.69) is 25.8 Å². The summed E-state index contributed by atoms with van der Waals surface area (Å²) in [6.45, 7) is 0.794. The van der Waals surface area contributed by atoms with E-state index in [9.17, 15) is 8.42 Å². The molecule has 1 N–H and O–H groups in total. The summed E-state index contributed by atoms with van der Waals surface area (Å²) in [6.07, 6.45) is 3.44. The molecule has 0 saturated heterocycles. The van der Waals surface area contributed by atoms with Gasteiger partial charge in [-0.15, -0.1) is 0 Å². The first-order valence-electron chi connectivity index (χ1n) is 5.31. The molecule has 0 aliphatic heterocycles. The van der Waals surface area contributed by atoms with Crippen LogP contribution in [0, 0.1) is 0 Å². The number of hydrogen-bond donors (Lipinski definition) is 1. The van der Waals surface area contributed by atoms with Gasteiger partial charge in [-0.2, -0.15) is 5.10 Å². The Kier molecular flexibility index (Phi) is 4.15. The van der Waals surface area contributed by atoms with E-state index in [1.165, 1.54) is 0 Å². The summed E-state index contributed by atoms with van der Waals surface area (Å²) in [7, 11) is -3.48. The Morgan fingerprint density at radius 2 is 2.06 bits per heavy atom. The summed E-state index contributed by atoms with van der Waals surface area (Å²) in [5, 5.41) is 4.00. The maximum Gasteiger partial charge on any atom is 0.241 e. The average Bonchev–Trinajstić information content (AvgIpc) is 2.82. The lowest BCUT2D eigenvalue weighted by Gasteiger charge is -2.08.